The molecule has 8 nitrogen and oxygen atoms in total. The van der Waals surface area contributed by atoms with Crippen molar-refractivity contribution in [1.82, 2.24) is 10.2 Å². The van der Waals surface area contributed by atoms with Gasteiger partial charge in [-0.1, -0.05) is 74.9 Å². The number of ether oxygens (including phenoxy) is 1. The molecule has 0 heterocycles. The number of amides is 2. The molecule has 3 aromatic rings. The number of carbonyl (C=O) groups excluding carboxylic acids is 2. The highest BCUT2D eigenvalue weighted by Crippen LogP contribution is 2.27. The van der Waals surface area contributed by atoms with E-state index in [9.17, 15) is 18.0 Å². The summed E-state index contributed by atoms with van der Waals surface area (Å²) in [5, 5.41) is 2.94. The van der Waals surface area contributed by atoms with Crippen molar-refractivity contribution in [3.63, 3.8) is 0 Å². The van der Waals surface area contributed by atoms with Crippen molar-refractivity contribution in [2.45, 2.75) is 51.6 Å². The van der Waals surface area contributed by atoms with Gasteiger partial charge in [0.25, 0.3) is 10.0 Å². The molecule has 0 saturated heterocycles. The van der Waals surface area contributed by atoms with Gasteiger partial charge in [0.1, 0.15) is 18.3 Å². The van der Waals surface area contributed by atoms with Crippen LogP contribution in [0.5, 0.6) is 5.75 Å². The van der Waals surface area contributed by atoms with Gasteiger partial charge >= 0.3 is 0 Å². The van der Waals surface area contributed by atoms with Gasteiger partial charge in [-0.15, -0.1) is 0 Å². The summed E-state index contributed by atoms with van der Waals surface area (Å²) in [6, 6.07) is 21.5. The summed E-state index contributed by atoms with van der Waals surface area (Å²) in [6.45, 7) is 7.93. The lowest BCUT2D eigenvalue weighted by molar-refractivity contribution is -0.140. The molecule has 0 aromatic heterocycles. The van der Waals surface area contributed by atoms with Crippen LogP contribution in [0.4, 0.5) is 5.69 Å². The van der Waals surface area contributed by atoms with E-state index in [-0.39, 0.29) is 29.0 Å². The lowest BCUT2D eigenvalue weighted by Gasteiger charge is -2.33. The summed E-state index contributed by atoms with van der Waals surface area (Å²) < 4.78 is 34.2. The molecule has 3 aromatic carbocycles. The summed E-state index contributed by atoms with van der Waals surface area (Å²) >= 11 is 0. The minimum atomic E-state index is -4.13. The lowest BCUT2D eigenvalue weighted by Crippen LogP contribution is -2.52. The molecule has 2 amide bonds. The monoisotopic (exact) mass is 565 g/mol. The van der Waals surface area contributed by atoms with Gasteiger partial charge in [-0.2, -0.15) is 0 Å². The Bertz CT molecular complexity index is 1390. The Morgan fingerprint density at radius 1 is 0.950 bits per heavy atom. The molecule has 9 heteroatoms. The first-order valence-electron chi connectivity index (χ1n) is 13.4. The van der Waals surface area contributed by atoms with E-state index in [2.05, 4.69) is 5.32 Å². The predicted octanol–water partition coefficient (Wildman–Crippen LogP) is 4.78. The molecule has 0 aliphatic rings. The number of methoxy groups -OCH3 is 1. The molecule has 0 aliphatic heterocycles. The van der Waals surface area contributed by atoms with E-state index in [1.54, 1.807) is 42.5 Å². The fourth-order valence-electron chi connectivity index (χ4n) is 4.36. The molecular weight excluding hydrogens is 526 g/mol. The molecule has 0 aliphatic carbocycles. The first-order valence-corrected chi connectivity index (χ1v) is 14.8. The summed E-state index contributed by atoms with van der Waals surface area (Å²) in [5.41, 5.74) is 2.15. The highest BCUT2D eigenvalue weighted by molar-refractivity contribution is 7.92. The van der Waals surface area contributed by atoms with Gasteiger partial charge in [0, 0.05) is 19.2 Å². The molecule has 1 N–H and O–H groups in total. The van der Waals surface area contributed by atoms with Crippen molar-refractivity contribution in [3.05, 3.63) is 90.0 Å². The zero-order valence-electron chi connectivity index (χ0n) is 23.8. The number of sulfonamides is 1. The Morgan fingerprint density at radius 2 is 1.65 bits per heavy atom. The molecule has 0 spiro atoms. The van der Waals surface area contributed by atoms with Crippen LogP contribution < -0.4 is 14.4 Å². The summed E-state index contributed by atoms with van der Waals surface area (Å²) in [5.74, 6) is -0.0669. The van der Waals surface area contributed by atoms with Crippen LogP contribution in [0.2, 0.25) is 0 Å². The van der Waals surface area contributed by atoms with E-state index in [0.29, 0.717) is 18.7 Å². The molecule has 0 bridgehead atoms. The van der Waals surface area contributed by atoms with E-state index in [0.717, 1.165) is 15.4 Å². The van der Waals surface area contributed by atoms with Crippen molar-refractivity contribution < 1.29 is 22.7 Å². The Hall–Kier alpha value is -3.85. The van der Waals surface area contributed by atoms with Crippen LogP contribution in [0.3, 0.4) is 0 Å². The molecule has 3 rings (SSSR count). The fourth-order valence-corrected chi connectivity index (χ4v) is 5.79. The van der Waals surface area contributed by atoms with E-state index >= 15 is 0 Å². The van der Waals surface area contributed by atoms with Gasteiger partial charge in [-0.3, -0.25) is 13.9 Å². The van der Waals surface area contributed by atoms with Crippen molar-refractivity contribution >= 4 is 27.5 Å². The topological polar surface area (TPSA) is 96.0 Å². The third-order valence-corrected chi connectivity index (χ3v) is 8.25. The largest absolute Gasteiger partial charge is 0.497 e. The number of anilines is 1. The Balaban J connectivity index is 2.05. The van der Waals surface area contributed by atoms with Crippen molar-refractivity contribution in [2.75, 3.05) is 24.5 Å². The third-order valence-electron chi connectivity index (χ3n) is 6.46. The van der Waals surface area contributed by atoms with E-state index in [4.69, 9.17) is 4.74 Å². The van der Waals surface area contributed by atoms with Crippen LogP contribution in [0.1, 0.15) is 38.3 Å². The van der Waals surface area contributed by atoms with E-state index < -0.39 is 28.5 Å². The minimum absolute atomic E-state index is 0.0533. The normalized spacial score (nSPS) is 12.1. The number of hydrogen-bond donors (Lipinski definition) is 1. The lowest BCUT2D eigenvalue weighted by atomic mass is 10.1. The second kappa shape index (κ2) is 14.0. The Kier molecular flexibility index (Phi) is 10.7. The third kappa shape index (κ3) is 7.85. The Labute approximate surface area is 238 Å². The number of carbonyl (C=O) groups is 2. The van der Waals surface area contributed by atoms with Gasteiger partial charge in [-0.05, 0) is 49.1 Å². The van der Waals surface area contributed by atoms with Gasteiger partial charge in [0.15, 0.2) is 0 Å². The van der Waals surface area contributed by atoms with E-state index in [1.807, 2.05) is 52.0 Å². The second-order valence-electron chi connectivity index (χ2n) is 10.1. The maximum atomic E-state index is 14.1. The maximum Gasteiger partial charge on any atom is 0.264 e. The standard InChI is InChI=1S/C31H39N3O5S/c1-6-29(31(36)32-20-23(2)3)33(21-25-13-10-12-24(4)18-25)30(35)22-34(26-14-11-15-27(19-26)39-5)40(37,38)28-16-8-7-9-17-28/h7-19,23,29H,6,20-22H2,1-5H3,(H,32,36). The van der Waals surface area contributed by atoms with Crippen molar-refractivity contribution in [3.8, 4) is 5.75 Å². The van der Waals surface area contributed by atoms with Gasteiger partial charge in [-0.25, -0.2) is 8.42 Å². The highest BCUT2D eigenvalue weighted by Gasteiger charge is 2.33. The first-order chi connectivity index (χ1) is 19.1. The summed E-state index contributed by atoms with van der Waals surface area (Å²) in [4.78, 5) is 28.9. The molecule has 1 atom stereocenters. The highest BCUT2D eigenvalue weighted by atomic mass is 32.2. The van der Waals surface area contributed by atoms with Crippen LogP contribution in [-0.4, -0.2) is 51.4 Å². The first kappa shape index (κ1) is 30.7. The number of nitrogens with zero attached hydrogens (tertiary/aromatic N) is 2. The Morgan fingerprint density at radius 3 is 2.27 bits per heavy atom. The molecule has 0 radical (unpaired) electrons. The van der Waals surface area contributed by atoms with Gasteiger partial charge < -0.3 is 15.0 Å². The summed E-state index contributed by atoms with van der Waals surface area (Å²) in [7, 11) is -2.64. The van der Waals surface area contributed by atoms with Crippen molar-refractivity contribution in [2.24, 2.45) is 5.92 Å². The van der Waals surface area contributed by atoms with Crippen LogP contribution >= 0.6 is 0 Å². The molecule has 40 heavy (non-hydrogen) atoms. The smallest absolute Gasteiger partial charge is 0.264 e. The zero-order valence-corrected chi connectivity index (χ0v) is 24.6. The molecule has 0 saturated carbocycles. The summed E-state index contributed by atoms with van der Waals surface area (Å²) in [6.07, 6.45) is 0.367. The van der Waals surface area contributed by atoms with E-state index in [1.165, 1.54) is 24.1 Å². The van der Waals surface area contributed by atoms with Gasteiger partial charge in [0.2, 0.25) is 11.8 Å². The van der Waals surface area contributed by atoms with Crippen LogP contribution in [0.25, 0.3) is 0 Å². The average Bonchev–Trinajstić information content (AvgIpc) is 2.95. The molecular formula is C31H39N3O5S. The number of rotatable bonds is 13. The molecule has 0 fully saturated rings. The molecule has 214 valence electrons. The second-order valence-corrected chi connectivity index (χ2v) is 12.0. The van der Waals surface area contributed by atoms with Crippen LogP contribution in [-0.2, 0) is 26.2 Å². The number of nitrogens with one attached hydrogen (secondary N) is 1. The SMILES string of the molecule is CCC(C(=O)NCC(C)C)N(Cc1cccc(C)c1)C(=O)CN(c1cccc(OC)c1)S(=O)(=O)c1ccccc1. The van der Waals surface area contributed by atoms with Crippen LogP contribution in [0, 0.1) is 12.8 Å². The van der Waals surface area contributed by atoms with Gasteiger partial charge in [0.05, 0.1) is 17.7 Å². The maximum absolute atomic E-state index is 14.1. The van der Waals surface area contributed by atoms with Crippen LogP contribution in [0.15, 0.2) is 83.8 Å². The van der Waals surface area contributed by atoms with Crippen molar-refractivity contribution in [1.29, 1.82) is 0 Å². The molecule has 1 unspecified atom stereocenters. The number of benzene rings is 3. The average molecular weight is 566 g/mol. The fraction of sp³-hybridized carbons (Fsp3) is 0.355. The number of hydrogen-bond acceptors (Lipinski definition) is 5. The quantitative estimate of drug-likeness (QED) is 0.322. The number of aryl methyl sites for hydroxylation is 1. The zero-order chi connectivity index (χ0) is 29.3. The predicted molar refractivity (Wildman–Crippen MR) is 158 cm³/mol. The minimum Gasteiger partial charge on any atom is -0.497 e.